The third-order valence-electron chi connectivity index (χ3n) is 2.00. The molecule has 0 unspecified atom stereocenters. The largest absolute Gasteiger partial charge is 0.417 e. The van der Waals surface area contributed by atoms with Gasteiger partial charge >= 0.3 is 12.4 Å². The van der Waals surface area contributed by atoms with Crippen LogP contribution in [-0.2, 0) is 12.4 Å². The van der Waals surface area contributed by atoms with Gasteiger partial charge in [0.05, 0.1) is 11.1 Å². The quantitative estimate of drug-likeness (QED) is 0.604. The predicted molar refractivity (Wildman–Crippen MR) is 48.9 cm³/mol. The second-order valence-corrected chi connectivity index (χ2v) is 3.94. The van der Waals surface area contributed by atoms with E-state index in [-0.39, 0.29) is 0 Å². The van der Waals surface area contributed by atoms with Crippen molar-refractivity contribution in [1.82, 2.24) is 0 Å². The van der Waals surface area contributed by atoms with Crippen LogP contribution in [0.3, 0.4) is 0 Å². The van der Waals surface area contributed by atoms with E-state index in [1.54, 1.807) is 0 Å². The smallest absolute Gasteiger partial charge is 0.166 e. The summed E-state index contributed by atoms with van der Waals surface area (Å²) >= 11 is 2.60. The predicted octanol–water partition coefficient (Wildman–Crippen LogP) is 4.80. The summed E-state index contributed by atoms with van der Waals surface area (Å²) in [6.45, 7) is 0.802. The Kier molecular flexibility index (Phi) is 3.29. The molecule has 16 heavy (non-hydrogen) atoms. The van der Waals surface area contributed by atoms with Crippen LogP contribution < -0.4 is 0 Å². The van der Waals surface area contributed by atoms with Gasteiger partial charge in [-0.1, -0.05) is 15.9 Å². The third-order valence-corrected chi connectivity index (χ3v) is 2.66. The van der Waals surface area contributed by atoms with E-state index < -0.39 is 33.5 Å². The van der Waals surface area contributed by atoms with Crippen LogP contribution in [0.5, 0.6) is 0 Å². The van der Waals surface area contributed by atoms with Crippen LogP contribution in [0.15, 0.2) is 16.6 Å². The van der Waals surface area contributed by atoms with Gasteiger partial charge in [-0.15, -0.1) is 0 Å². The molecule has 7 heteroatoms. The number of halogens is 7. The molecule has 90 valence electrons. The lowest BCUT2D eigenvalue weighted by Crippen LogP contribution is -2.15. The lowest BCUT2D eigenvalue weighted by Gasteiger charge is -2.17. The van der Waals surface area contributed by atoms with Crippen LogP contribution in [0.4, 0.5) is 26.3 Å². The van der Waals surface area contributed by atoms with Gasteiger partial charge in [0.15, 0.2) is 0 Å². The monoisotopic (exact) mass is 306 g/mol. The normalized spacial score (nSPS) is 13.0. The number of alkyl halides is 6. The molecule has 0 bridgehead atoms. The Bertz CT molecular complexity index is 404. The van der Waals surface area contributed by atoms with Crippen molar-refractivity contribution in [3.63, 3.8) is 0 Å². The molecule has 0 spiro atoms. The molecule has 0 N–H and O–H groups in total. The average molecular weight is 307 g/mol. The first-order valence-electron chi connectivity index (χ1n) is 3.98. The van der Waals surface area contributed by atoms with Gasteiger partial charge in [-0.2, -0.15) is 26.3 Å². The minimum Gasteiger partial charge on any atom is -0.166 e. The third kappa shape index (κ3) is 2.50. The van der Waals surface area contributed by atoms with Crippen molar-refractivity contribution in [2.24, 2.45) is 0 Å². The summed E-state index contributed by atoms with van der Waals surface area (Å²) in [5, 5.41) is 0. The van der Waals surface area contributed by atoms with Crippen molar-refractivity contribution >= 4 is 15.9 Å². The standard InChI is InChI=1S/C9H5BrF6/c1-4-5(8(11,12)13)2-3-6(10)7(4)9(14,15)16/h2-3H,1H3. The second-order valence-electron chi connectivity index (χ2n) is 3.09. The molecular formula is C9H5BrF6. The molecule has 1 rings (SSSR count). The Hall–Kier alpha value is -0.720. The molecule has 0 aliphatic carbocycles. The Morgan fingerprint density at radius 1 is 0.938 bits per heavy atom. The highest BCUT2D eigenvalue weighted by molar-refractivity contribution is 9.10. The number of rotatable bonds is 0. The summed E-state index contributed by atoms with van der Waals surface area (Å²) < 4.78 is 74.1. The first kappa shape index (κ1) is 13.3. The van der Waals surface area contributed by atoms with Crippen LogP contribution >= 0.6 is 15.9 Å². The topological polar surface area (TPSA) is 0 Å². The molecule has 0 atom stereocenters. The highest BCUT2D eigenvalue weighted by atomic mass is 79.9. The number of benzene rings is 1. The maximum absolute atomic E-state index is 12.5. The van der Waals surface area contributed by atoms with Crippen LogP contribution in [0.25, 0.3) is 0 Å². The van der Waals surface area contributed by atoms with Gasteiger partial charge in [-0.3, -0.25) is 0 Å². The van der Waals surface area contributed by atoms with Crippen molar-refractivity contribution in [2.75, 3.05) is 0 Å². The van der Waals surface area contributed by atoms with Gasteiger partial charge < -0.3 is 0 Å². The van der Waals surface area contributed by atoms with Gasteiger partial charge in [0, 0.05) is 4.47 Å². The minimum absolute atomic E-state index is 0.398. The summed E-state index contributed by atoms with van der Waals surface area (Å²) in [4.78, 5) is 0. The molecule has 0 fully saturated rings. The van der Waals surface area contributed by atoms with E-state index >= 15 is 0 Å². The zero-order chi connectivity index (χ0) is 12.7. The minimum atomic E-state index is -4.82. The van der Waals surface area contributed by atoms with Gasteiger partial charge in [-0.25, -0.2) is 0 Å². The number of hydrogen-bond donors (Lipinski definition) is 0. The van der Waals surface area contributed by atoms with Crippen molar-refractivity contribution in [3.05, 3.63) is 33.3 Å². The van der Waals surface area contributed by atoms with Crippen LogP contribution in [0.1, 0.15) is 16.7 Å². The first-order chi connectivity index (χ1) is 7.05. The van der Waals surface area contributed by atoms with Crippen LogP contribution in [0, 0.1) is 6.92 Å². The average Bonchev–Trinajstić information content (AvgIpc) is 1.97. The van der Waals surface area contributed by atoms with E-state index in [9.17, 15) is 26.3 Å². The molecular weight excluding hydrogens is 302 g/mol. The molecule has 0 nitrogen and oxygen atoms in total. The lowest BCUT2D eigenvalue weighted by molar-refractivity contribution is -0.144. The molecule has 0 aliphatic rings. The van der Waals surface area contributed by atoms with E-state index in [1.807, 2.05) is 0 Å². The summed E-state index contributed by atoms with van der Waals surface area (Å²) in [7, 11) is 0. The summed E-state index contributed by atoms with van der Waals surface area (Å²) in [5.41, 5.74) is -3.39. The molecule has 1 aromatic carbocycles. The van der Waals surface area contributed by atoms with Gasteiger partial charge in [0.1, 0.15) is 0 Å². The van der Waals surface area contributed by atoms with Gasteiger partial charge in [0.25, 0.3) is 0 Å². The van der Waals surface area contributed by atoms with Gasteiger partial charge in [0.2, 0.25) is 0 Å². The summed E-state index contributed by atoms with van der Waals surface area (Å²) in [6, 6.07) is 1.37. The van der Waals surface area contributed by atoms with Crippen molar-refractivity contribution < 1.29 is 26.3 Å². The lowest BCUT2D eigenvalue weighted by atomic mass is 10.0. The summed E-state index contributed by atoms with van der Waals surface area (Å²) in [5.74, 6) is 0. The van der Waals surface area contributed by atoms with Crippen molar-refractivity contribution in [2.45, 2.75) is 19.3 Å². The Morgan fingerprint density at radius 3 is 1.81 bits per heavy atom. The zero-order valence-corrected chi connectivity index (χ0v) is 9.39. The first-order valence-corrected chi connectivity index (χ1v) is 4.78. The highest BCUT2D eigenvalue weighted by Gasteiger charge is 2.40. The fourth-order valence-corrected chi connectivity index (χ4v) is 1.99. The molecule has 1 aromatic rings. The van der Waals surface area contributed by atoms with E-state index in [0.717, 1.165) is 13.0 Å². The fourth-order valence-electron chi connectivity index (χ4n) is 1.33. The Balaban J connectivity index is 3.52. The van der Waals surface area contributed by atoms with E-state index in [2.05, 4.69) is 15.9 Å². The van der Waals surface area contributed by atoms with Crippen molar-refractivity contribution in [1.29, 1.82) is 0 Å². The van der Waals surface area contributed by atoms with Crippen molar-refractivity contribution in [3.8, 4) is 0 Å². The Morgan fingerprint density at radius 2 is 1.44 bits per heavy atom. The van der Waals surface area contributed by atoms with Gasteiger partial charge in [-0.05, 0) is 24.6 Å². The molecule has 0 heterocycles. The molecule has 0 aliphatic heterocycles. The second kappa shape index (κ2) is 3.94. The maximum Gasteiger partial charge on any atom is 0.417 e. The van der Waals surface area contributed by atoms with Crippen LogP contribution in [-0.4, -0.2) is 0 Å². The molecule has 0 saturated carbocycles. The molecule has 0 aromatic heterocycles. The number of hydrogen-bond acceptors (Lipinski definition) is 0. The van der Waals surface area contributed by atoms with E-state index in [0.29, 0.717) is 6.07 Å². The maximum atomic E-state index is 12.5. The SMILES string of the molecule is Cc1c(C(F)(F)F)ccc(Br)c1C(F)(F)F. The Labute approximate surface area is 95.4 Å². The molecule has 0 amide bonds. The van der Waals surface area contributed by atoms with E-state index in [4.69, 9.17) is 0 Å². The zero-order valence-electron chi connectivity index (χ0n) is 7.80. The van der Waals surface area contributed by atoms with E-state index in [1.165, 1.54) is 0 Å². The highest BCUT2D eigenvalue weighted by Crippen LogP contribution is 2.42. The molecule has 0 saturated heterocycles. The summed E-state index contributed by atoms with van der Waals surface area (Å²) in [6.07, 6.45) is -9.60. The van der Waals surface area contributed by atoms with Crippen LogP contribution in [0.2, 0.25) is 0 Å². The fraction of sp³-hybridized carbons (Fsp3) is 0.333. The molecule has 0 radical (unpaired) electrons.